The molecule has 108 valence electrons. The van der Waals surface area contributed by atoms with E-state index in [1.165, 1.54) is 17.3 Å². The first-order valence-corrected chi connectivity index (χ1v) is 8.29. The van der Waals surface area contributed by atoms with Gasteiger partial charge in [0.25, 0.3) is 5.91 Å². The molecule has 3 nitrogen and oxygen atoms in total. The third kappa shape index (κ3) is 3.92. The van der Waals surface area contributed by atoms with Gasteiger partial charge in [0, 0.05) is 18.0 Å². The molecule has 6 heteroatoms. The molecule has 0 saturated heterocycles. The molecule has 0 radical (unpaired) electrons. The van der Waals surface area contributed by atoms with E-state index < -0.39 is 0 Å². The van der Waals surface area contributed by atoms with Gasteiger partial charge in [-0.2, -0.15) is 0 Å². The van der Waals surface area contributed by atoms with Gasteiger partial charge in [0.2, 0.25) is 0 Å². The summed E-state index contributed by atoms with van der Waals surface area (Å²) in [7, 11) is 0. The molecule has 0 aliphatic carbocycles. The predicted octanol–water partition coefficient (Wildman–Crippen LogP) is 3.36. The fourth-order valence-corrected chi connectivity index (χ4v) is 3.17. The molecule has 0 atom stereocenters. The van der Waals surface area contributed by atoms with E-state index >= 15 is 0 Å². The van der Waals surface area contributed by atoms with Crippen molar-refractivity contribution in [1.29, 1.82) is 0 Å². The van der Waals surface area contributed by atoms with Crippen LogP contribution in [0.1, 0.15) is 16.8 Å². The number of carbonyl (C=O) groups excluding carboxylic acids is 1. The van der Waals surface area contributed by atoms with E-state index in [2.05, 4.69) is 16.7 Å². The van der Waals surface area contributed by atoms with Gasteiger partial charge in [-0.1, -0.05) is 34.9 Å². The minimum absolute atomic E-state index is 0.165. The minimum atomic E-state index is -0.165. The monoisotopic (exact) mass is 330 g/mol. The van der Waals surface area contributed by atoms with Crippen LogP contribution in [0.3, 0.4) is 0 Å². The fourth-order valence-electron chi connectivity index (χ4n) is 1.98. The van der Waals surface area contributed by atoms with Gasteiger partial charge in [-0.25, -0.2) is 0 Å². The summed E-state index contributed by atoms with van der Waals surface area (Å²) in [6.07, 6.45) is 4.99. The molecule has 0 spiro atoms. The molecule has 20 heavy (non-hydrogen) atoms. The molecule has 1 aromatic carbocycles. The highest BCUT2D eigenvalue weighted by atomic mass is 35.5. The zero-order chi connectivity index (χ0) is 14.5. The summed E-state index contributed by atoms with van der Waals surface area (Å²) in [5, 5.41) is 7.09. The van der Waals surface area contributed by atoms with Crippen LogP contribution < -0.4 is 10.6 Å². The van der Waals surface area contributed by atoms with E-state index in [1.54, 1.807) is 12.1 Å². The van der Waals surface area contributed by atoms with Crippen LogP contribution in [0.15, 0.2) is 28.7 Å². The van der Waals surface area contributed by atoms with Crippen LogP contribution in [0.5, 0.6) is 0 Å². The molecule has 1 aliphatic rings. The maximum absolute atomic E-state index is 12.2. The Morgan fingerprint density at radius 1 is 1.40 bits per heavy atom. The first-order chi connectivity index (χ1) is 9.61. The van der Waals surface area contributed by atoms with Crippen LogP contribution in [0.25, 0.3) is 0 Å². The van der Waals surface area contributed by atoms with E-state index in [0.29, 0.717) is 22.2 Å². The average molecular weight is 331 g/mol. The third-order valence-electron chi connectivity index (χ3n) is 3.12. The number of hydrogen-bond donors (Lipinski definition) is 2. The Morgan fingerprint density at radius 3 is 2.85 bits per heavy atom. The maximum Gasteiger partial charge on any atom is 0.253 e. The van der Waals surface area contributed by atoms with Gasteiger partial charge < -0.3 is 10.6 Å². The van der Waals surface area contributed by atoms with Crippen molar-refractivity contribution < 1.29 is 4.79 Å². The van der Waals surface area contributed by atoms with Gasteiger partial charge in [-0.15, -0.1) is 11.8 Å². The molecule has 2 rings (SSSR count). The summed E-state index contributed by atoms with van der Waals surface area (Å²) in [6.45, 7) is 2.39. The minimum Gasteiger partial charge on any atom is -0.348 e. The van der Waals surface area contributed by atoms with Gasteiger partial charge in [0.05, 0.1) is 15.6 Å². The molecule has 1 aliphatic heterocycles. The van der Waals surface area contributed by atoms with Gasteiger partial charge >= 0.3 is 0 Å². The van der Waals surface area contributed by atoms with Gasteiger partial charge in [-0.05, 0) is 31.4 Å². The van der Waals surface area contributed by atoms with E-state index in [4.69, 9.17) is 23.2 Å². The summed E-state index contributed by atoms with van der Waals surface area (Å²) in [6, 6.07) is 3.36. The lowest BCUT2D eigenvalue weighted by atomic mass is 10.1. The zero-order valence-corrected chi connectivity index (χ0v) is 13.5. The van der Waals surface area contributed by atoms with Crippen molar-refractivity contribution >= 4 is 40.9 Å². The van der Waals surface area contributed by atoms with E-state index in [-0.39, 0.29) is 5.91 Å². The summed E-state index contributed by atoms with van der Waals surface area (Å²) in [5.41, 5.74) is 1.71. The Bertz CT molecular complexity index is 546. The van der Waals surface area contributed by atoms with Crippen LogP contribution in [-0.2, 0) is 0 Å². The van der Waals surface area contributed by atoms with Crippen LogP contribution in [0.4, 0.5) is 0 Å². The second-order valence-corrected chi connectivity index (χ2v) is 6.13. The quantitative estimate of drug-likeness (QED) is 0.657. The second kappa shape index (κ2) is 7.36. The number of benzene rings is 1. The zero-order valence-electron chi connectivity index (χ0n) is 11.1. The lowest BCUT2D eigenvalue weighted by molar-refractivity contribution is 0.0956. The lowest BCUT2D eigenvalue weighted by Gasteiger charge is -2.15. The number of halogens is 2. The smallest absolute Gasteiger partial charge is 0.253 e. The molecule has 0 aromatic heterocycles. The van der Waals surface area contributed by atoms with Gasteiger partial charge in [-0.3, -0.25) is 4.79 Å². The van der Waals surface area contributed by atoms with Crippen molar-refractivity contribution in [2.75, 3.05) is 25.9 Å². The Balaban J connectivity index is 2.07. The van der Waals surface area contributed by atoms with Crippen LogP contribution in [0.2, 0.25) is 10.0 Å². The first kappa shape index (κ1) is 15.7. The van der Waals surface area contributed by atoms with Crippen LogP contribution in [0, 0.1) is 0 Å². The number of amides is 1. The number of thioether (sulfide) groups is 1. The van der Waals surface area contributed by atoms with Crippen molar-refractivity contribution in [1.82, 2.24) is 10.6 Å². The molecule has 0 fully saturated rings. The Labute approximate surface area is 133 Å². The molecule has 0 unspecified atom stereocenters. The second-order valence-electron chi connectivity index (χ2n) is 4.47. The maximum atomic E-state index is 12.2. The summed E-state index contributed by atoms with van der Waals surface area (Å²) < 4.78 is 0. The van der Waals surface area contributed by atoms with E-state index in [0.717, 1.165) is 24.4 Å². The van der Waals surface area contributed by atoms with Crippen molar-refractivity contribution in [3.63, 3.8) is 0 Å². The molecular formula is C14H16Cl2N2OS. The normalized spacial score (nSPS) is 14.8. The van der Waals surface area contributed by atoms with Crippen LogP contribution in [-0.4, -0.2) is 31.8 Å². The number of hydrogen-bond acceptors (Lipinski definition) is 3. The SMILES string of the molecule is CSc1cc(C(=O)NCC2=CCNCC2)c(Cl)cc1Cl. The number of carbonyl (C=O) groups is 1. The Kier molecular flexibility index (Phi) is 5.78. The Morgan fingerprint density at radius 2 is 2.20 bits per heavy atom. The van der Waals surface area contributed by atoms with E-state index in [1.807, 2.05) is 6.26 Å². The molecule has 1 aromatic rings. The summed E-state index contributed by atoms with van der Waals surface area (Å²) >= 11 is 13.6. The molecular weight excluding hydrogens is 315 g/mol. The summed E-state index contributed by atoms with van der Waals surface area (Å²) in [5.74, 6) is -0.165. The molecule has 1 heterocycles. The number of nitrogens with one attached hydrogen (secondary N) is 2. The summed E-state index contributed by atoms with van der Waals surface area (Å²) in [4.78, 5) is 13.0. The topological polar surface area (TPSA) is 41.1 Å². The van der Waals surface area contributed by atoms with Crippen molar-refractivity contribution in [2.24, 2.45) is 0 Å². The van der Waals surface area contributed by atoms with Crippen molar-refractivity contribution in [2.45, 2.75) is 11.3 Å². The lowest BCUT2D eigenvalue weighted by Crippen LogP contribution is -2.29. The molecule has 0 saturated carbocycles. The standard InChI is InChI=1S/C14H16Cl2N2OS/c1-20-13-6-10(11(15)7-12(13)16)14(19)18-8-9-2-4-17-5-3-9/h2,6-7,17H,3-5,8H2,1H3,(H,18,19). The number of rotatable bonds is 4. The van der Waals surface area contributed by atoms with Crippen molar-refractivity contribution in [3.8, 4) is 0 Å². The average Bonchev–Trinajstić information content (AvgIpc) is 2.46. The molecule has 0 bridgehead atoms. The molecule has 1 amide bonds. The highest BCUT2D eigenvalue weighted by Gasteiger charge is 2.14. The molecule has 2 N–H and O–H groups in total. The highest BCUT2D eigenvalue weighted by Crippen LogP contribution is 2.31. The highest BCUT2D eigenvalue weighted by molar-refractivity contribution is 7.98. The van der Waals surface area contributed by atoms with Crippen molar-refractivity contribution in [3.05, 3.63) is 39.4 Å². The largest absolute Gasteiger partial charge is 0.348 e. The van der Waals surface area contributed by atoms with Gasteiger partial charge in [0.15, 0.2) is 0 Å². The Hall–Kier alpha value is -0.680. The first-order valence-electron chi connectivity index (χ1n) is 6.31. The van der Waals surface area contributed by atoms with E-state index in [9.17, 15) is 4.79 Å². The fraction of sp³-hybridized carbons (Fsp3) is 0.357. The predicted molar refractivity (Wildman–Crippen MR) is 86.1 cm³/mol. The third-order valence-corrected chi connectivity index (χ3v) is 4.64. The van der Waals surface area contributed by atoms with Gasteiger partial charge in [0.1, 0.15) is 0 Å². The van der Waals surface area contributed by atoms with Crippen LogP contribution >= 0.6 is 35.0 Å².